The quantitative estimate of drug-likeness (QED) is 0.304. The number of hydrogen-bond acceptors (Lipinski definition) is 7. The van der Waals surface area contributed by atoms with E-state index in [-0.39, 0.29) is 27.4 Å². The van der Waals surface area contributed by atoms with Crippen molar-refractivity contribution in [1.29, 1.82) is 0 Å². The molecule has 0 aliphatic carbocycles. The van der Waals surface area contributed by atoms with E-state index in [0.717, 1.165) is 0 Å². The summed E-state index contributed by atoms with van der Waals surface area (Å²) in [4.78, 5) is 36.7. The predicted molar refractivity (Wildman–Crippen MR) is 152 cm³/mol. The lowest BCUT2D eigenvalue weighted by Gasteiger charge is -2.19. The van der Waals surface area contributed by atoms with Gasteiger partial charge in [0.05, 0.1) is 21.5 Å². The molecule has 0 unspecified atom stereocenters. The lowest BCUT2D eigenvalue weighted by atomic mass is 10.1. The molecule has 0 bridgehead atoms. The Balaban J connectivity index is 1.38. The van der Waals surface area contributed by atoms with Crippen LogP contribution in [-0.4, -0.2) is 25.1 Å². The van der Waals surface area contributed by atoms with Crippen LogP contribution in [0.15, 0.2) is 134 Å². The zero-order chi connectivity index (χ0) is 27.7. The van der Waals surface area contributed by atoms with E-state index in [4.69, 9.17) is 4.42 Å². The highest BCUT2D eigenvalue weighted by Gasteiger charge is 2.33. The molecule has 1 aliphatic rings. The Morgan fingerprint density at radius 2 is 1.55 bits per heavy atom. The first-order chi connectivity index (χ1) is 19.4. The third kappa shape index (κ3) is 4.67. The van der Waals surface area contributed by atoms with Gasteiger partial charge in [-0.25, -0.2) is 18.4 Å². The fraction of sp³-hybridized carbons (Fsp3) is 0. The number of amides is 1. The van der Waals surface area contributed by atoms with E-state index in [1.807, 2.05) is 30.3 Å². The van der Waals surface area contributed by atoms with Crippen LogP contribution in [0.4, 0.5) is 11.5 Å². The van der Waals surface area contributed by atoms with E-state index in [1.54, 1.807) is 42.5 Å². The lowest BCUT2D eigenvalue weighted by Crippen LogP contribution is -2.32. The Morgan fingerprint density at radius 1 is 0.825 bits per heavy atom. The minimum atomic E-state index is -3.91. The lowest BCUT2D eigenvalue weighted by molar-refractivity contribution is -0.113. The smallest absolute Gasteiger partial charge is 0.282 e. The molecular formula is C30H20N4O5S. The van der Waals surface area contributed by atoms with Gasteiger partial charge in [0.1, 0.15) is 29.2 Å². The molecule has 9 nitrogen and oxygen atoms in total. The van der Waals surface area contributed by atoms with Gasteiger partial charge >= 0.3 is 0 Å². The molecule has 1 aliphatic heterocycles. The molecule has 40 heavy (non-hydrogen) atoms. The van der Waals surface area contributed by atoms with Crippen molar-refractivity contribution in [1.82, 2.24) is 4.98 Å². The van der Waals surface area contributed by atoms with E-state index in [2.05, 4.69) is 14.7 Å². The third-order valence-corrected chi connectivity index (χ3v) is 7.57. The van der Waals surface area contributed by atoms with Crippen LogP contribution in [0, 0.1) is 0 Å². The fourth-order valence-corrected chi connectivity index (χ4v) is 5.28. The first-order valence-corrected chi connectivity index (χ1v) is 13.6. The number of para-hydroxylation sites is 1. The summed E-state index contributed by atoms with van der Waals surface area (Å²) in [5.74, 6) is 0.0469. The number of nitrogens with one attached hydrogen (secondary N) is 1. The molecule has 0 saturated heterocycles. The number of benzene rings is 3. The highest BCUT2D eigenvalue weighted by atomic mass is 32.2. The van der Waals surface area contributed by atoms with Crippen LogP contribution in [0.2, 0.25) is 0 Å². The fourth-order valence-electron chi connectivity index (χ4n) is 4.27. The highest BCUT2D eigenvalue weighted by molar-refractivity contribution is 7.92. The van der Waals surface area contributed by atoms with Crippen LogP contribution in [0.1, 0.15) is 11.1 Å². The molecular weight excluding hydrogens is 528 g/mol. The summed E-state index contributed by atoms with van der Waals surface area (Å²) in [7, 11) is -3.91. The molecule has 1 amide bonds. The number of pyridine rings is 1. The SMILES string of the molecule is O=C1/C(=C/c2coc3ccccc3c2=O)N=C(c2ccccc2)N1c1ccc(S(=O)(=O)Nc2ccccn2)cc1. The van der Waals surface area contributed by atoms with Gasteiger partial charge in [0.15, 0.2) is 5.43 Å². The molecule has 0 atom stereocenters. The predicted octanol–water partition coefficient (Wildman–Crippen LogP) is 4.82. The molecule has 10 heteroatoms. The van der Waals surface area contributed by atoms with Crippen LogP contribution < -0.4 is 15.1 Å². The van der Waals surface area contributed by atoms with Gasteiger partial charge in [0.25, 0.3) is 15.9 Å². The monoisotopic (exact) mass is 548 g/mol. The second-order valence-electron chi connectivity index (χ2n) is 8.80. The molecule has 196 valence electrons. The van der Waals surface area contributed by atoms with Gasteiger partial charge in [0, 0.05) is 11.8 Å². The molecule has 1 N–H and O–H groups in total. The summed E-state index contributed by atoms with van der Waals surface area (Å²) >= 11 is 0. The van der Waals surface area contributed by atoms with E-state index < -0.39 is 15.9 Å². The normalized spacial score (nSPS) is 14.5. The summed E-state index contributed by atoms with van der Waals surface area (Å²) in [5, 5.41) is 0.391. The summed E-state index contributed by atoms with van der Waals surface area (Å²) < 4.78 is 33.7. The summed E-state index contributed by atoms with van der Waals surface area (Å²) in [6.07, 6.45) is 4.19. The van der Waals surface area contributed by atoms with Crippen LogP contribution in [-0.2, 0) is 14.8 Å². The average molecular weight is 549 g/mol. The number of anilines is 2. The Kier molecular flexibility index (Phi) is 6.29. The number of aromatic nitrogens is 1. The topological polar surface area (TPSA) is 122 Å². The Bertz CT molecular complexity index is 1970. The Morgan fingerprint density at radius 3 is 2.30 bits per heavy atom. The van der Waals surface area contributed by atoms with Gasteiger partial charge in [-0.15, -0.1) is 0 Å². The second-order valence-corrected chi connectivity index (χ2v) is 10.5. The maximum atomic E-state index is 13.7. The first kappa shape index (κ1) is 25.0. The van der Waals surface area contributed by atoms with Crippen molar-refractivity contribution >= 4 is 50.3 Å². The number of carbonyl (C=O) groups excluding carboxylic acids is 1. The van der Waals surface area contributed by atoms with Gasteiger partial charge < -0.3 is 4.42 Å². The first-order valence-electron chi connectivity index (χ1n) is 12.2. The van der Waals surface area contributed by atoms with Crippen LogP contribution in [0.25, 0.3) is 17.0 Å². The molecule has 0 radical (unpaired) electrons. The number of aliphatic imine (C=N–C) groups is 1. The van der Waals surface area contributed by atoms with Gasteiger partial charge in [-0.05, 0) is 54.6 Å². The summed E-state index contributed by atoms with van der Waals surface area (Å²) in [6, 6.07) is 26.7. The molecule has 0 saturated carbocycles. The maximum Gasteiger partial charge on any atom is 0.282 e. The van der Waals surface area contributed by atoms with Crippen molar-refractivity contribution in [3.8, 4) is 0 Å². The largest absolute Gasteiger partial charge is 0.463 e. The van der Waals surface area contributed by atoms with E-state index in [9.17, 15) is 18.0 Å². The molecule has 2 aromatic heterocycles. The van der Waals surface area contributed by atoms with Gasteiger partial charge in [-0.1, -0.05) is 48.5 Å². The van der Waals surface area contributed by atoms with Crippen molar-refractivity contribution in [2.24, 2.45) is 4.99 Å². The molecule has 6 rings (SSSR count). The van der Waals surface area contributed by atoms with Crippen molar-refractivity contribution in [3.63, 3.8) is 0 Å². The van der Waals surface area contributed by atoms with Gasteiger partial charge in [0.2, 0.25) is 0 Å². The number of fused-ring (bicyclic) bond motifs is 1. The molecule has 3 heterocycles. The molecule has 5 aromatic rings. The standard InChI is InChI=1S/C30H20N4O5S/c35-28-21(19-39-26-11-5-4-10-24(26)28)18-25-30(36)34(29(32-25)20-8-2-1-3-9-20)22-13-15-23(16-14-22)40(37,38)33-27-12-6-7-17-31-27/h1-19H,(H,31,33)/b25-18-. The second kappa shape index (κ2) is 10.1. The third-order valence-electron chi connectivity index (χ3n) is 6.20. The van der Waals surface area contributed by atoms with E-state index >= 15 is 0 Å². The van der Waals surface area contributed by atoms with Crippen molar-refractivity contribution in [3.05, 3.63) is 137 Å². The van der Waals surface area contributed by atoms with Crippen LogP contribution >= 0.6 is 0 Å². The van der Waals surface area contributed by atoms with E-state index in [1.165, 1.54) is 47.7 Å². The van der Waals surface area contributed by atoms with Gasteiger partial charge in [-0.3, -0.25) is 19.2 Å². The number of amidine groups is 1. The highest BCUT2D eigenvalue weighted by Crippen LogP contribution is 2.29. The summed E-state index contributed by atoms with van der Waals surface area (Å²) in [5.41, 5.74) is 1.44. The average Bonchev–Trinajstić information content (AvgIpc) is 3.31. The Labute approximate surface area is 228 Å². The van der Waals surface area contributed by atoms with Crippen molar-refractivity contribution in [2.45, 2.75) is 4.90 Å². The van der Waals surface area contributed by atoms with Crippen molar-refractivity contribution in [2.75, 3.05) is 9.62 Å². The zero-order valence-electron chi connectivity index (χ0n) is 20.8. The zero-order valence-corrected chi connectivity index (χ0v) is 21.6. The molecule has 0 spiro atoms. The van der Waals surface area contributed by atoms with Crippen molar-refractivity contribution < 1.29 is 17.6 Å². The minimum Gasteiger partial charge on any atom is -0.463 e. The minimum absolute atomic E-state index is 0.00344. The van der Waals surface area contributed by atoms with Crippen LogP contribution in [0.3, 0.4) is 0 Å². The van der Waals surface area contributed by atoms with Gasteiger partial charge in [-0.2, -0.15) is 0 Å². The van der Waals surface area contributed by atoms with E-state index in [0.29, 0.717) is 28.1 Å². The number of sulfonamides is 1. The number of nitrogens with zero attached hydrogens (tertiary/aromatic N) is 3. The number of carbonyl (C=O) groups is 1. The number of rotatable bonds is 6. The summed E-state index contributed by atoms with van der Waals surface area (Å²) in [6.45, 7) is 0. The van der Waals surface area contributed by atoms with Crippen LogP contribution in [0.5, 0.6) is 0 Å². The molecule has 0 fully saturated rings. The molecule has 3 aromatic carbocycles. The maximum absolute atomic E-state index is 13.7. The Hall–Kier alpha value is -5.35. The number of hydrogen-bond donors (Lipinski definition) is 1.